The van der Waals surface area contributed by atoms with E-state index in [0.717, 1.165) is 23.6 Å². The van der Waals surface area contributed by atoms with E-state index < -0.39 is 0 Å². The van der Waals surface area contributed by atoms with Crippen LogP contribution in [0.3, 0.4) is 0 Å². The second-order valence-electron chi connectivity index (χ2n) is 7.70. The standard InChI is InChI=1S/C25H36O3/c1-4-5-6-7-8-9-10-11-12-15-20(2)28-25(26)24-22-17-14-13-16-21(22)18-19-23(24)27-3/h13-14,16-20H,4-12,15H2,1-3H3. The highest BCUT2D eigenvalue weighted by Gasteiger charge is 2.19. The summed E-state index contributed by atoms with van der Waals surface area (Å²) in [6, 6.07) is 11.7. The van der Waals surface area contributed by atoms with Gasteiger partial charge in [-0.25, -0.2) is 4.79 Å². The maximum atomic E-state index is 12.8. The van der Waals surface area contributed by atoms with Crippen molar-refractivity contribution in [2.45, 2.75) is 84.2 Å². The third-order valence-corrected chi connectivity index (χ3v) is 5.34. The number of carbonyl (C=O) groups is 1. The SMILES string of the molecule is CCCCCCCCCCCC(C)OC(=O)c1c(OC)ccc2ccccc12. The molecule has 0 amide bonds. The fourth-order valence-electron chi connectivity index (χ4n) is 3.68. The molecular formula is C25H36O3. The van der Waals surface area contributed by atoms with Crippen LogP contribution < -0.4 is 4.74 Å². The number of benzene rings is 2. The number of methoxy groups -OCH3 is 1. The first kappa shape index (κ1) is 22.3. The van der Waals surface area contributed by atoms with Crippen LogP contribution in [0.25, 0.3) is 10.8 Å². The van der Waals surface area contributed by atoms with Crippen LogP contribution in [0.2, 0.25) is 0 Å². The van der Waals surface area contributed by atoms with Crippen LogP contribution in [0.5, 0.6) is 5.75 Å². The average Bonchev–Trinajstić information content (AvgIpc) is 2.71. The third kappa shape index (κ3) is 6.85. The van der Waals surface area contributed by atoms with Gasteiger partial charge in [-0.15, -0.1) is 0 Å². The van der Waals surface area contributed by atoms with E-state index in [4.69, 9.17) is 9.47 Å². The summed E-state index contributed by atoms with van der Waals surface area (Å²) in [5.41, 5.74) is 0.527. The van der Waals surface area contributed by atoms with Crippen molar-refractivity contribution < 1.29 is 14.3 Å². The number of fused-ring (bicyclic) bond motifs is 1. The van der Waals surface area contributed by atoms with Crippen molar-refractivity contribution in [2.24, 2.45) is 0 Å². The van der Waals surface area contributed by atoms with E-state index in [1.165, 1.54) is 51.4 Å². The quantitative estimate of drug-likeness (QED) is 0.268. The predicted molar refractivity (Wildman–Crippen MR) is 117 cm³/mol. The largest absolute Gasteiger partial charge is 0.496 e. The Morgan fingerprint density at radius 2 is 1.54 bits per heavy atom. The number of rotatable bonds is 13. The number of hydrogen-bond donors (Lipinski definition) is 0. The van der Waals surface area contributed by atoms with Gasteiger partial charge in [0, 0.05) is 0 Å². The molecule has 0 heterocycles. The molecule has 3 heteroatoms. The van der Waals surface area contributed by atoms with Gasteiger partial charge in [0.15, 0.2) is 0 Å². The van der Waals surface area contributed by atoms with Crippen molar-refractivity contribution >= 4 is 16.7 Å². The molecular weight excluding hydrogens is 348 g/mol. The number of hydrogen-bond acceptors (Lipinski definition) is 3. The lowest BCUT2D eigenvalue weighted by atomic mass is 10.0. The molecule has 0 saturated heterocycles. The molecule has 1 atom stereocenters. The Morgan fingerprint density at radius 3 is 2.21 bits per heavy atom. The summed E-state index contributed by atoms with van der Waals surface area (Å²) in [6.07, 6.45) is 12.5. The third-order valence-electron chi connectivity index (χ3n) is 5.34. The highest BCUT2D eigenvalue weighted by atomic mass is 16.5. The molecule has 1 unspecified atom stereocenters. The zero-order valence-electron chi connectivity index (χ0n) is 17.8. The van der Waals surface area contributed by atoms with Gasteiger partial charge < -0.3 is 9.47 Å². The van der Waals surface area contributed by atoms with Crippen LogP contribution >= 0.6 is 0 Å². The van der Waals surface area contributed by atoms with Crippen LogP contribution in [0.1, 0.15) is 88.4 Å². The monoisotopic (exact) mass is 384 g/mol. The van der Waals surface area contributed by atoms with Crippen molar-refractivity contribution in [1.29, 1.82) is 0 Å². The smallest absolute Gasteiger partial charge is 0.342 e. The Morgan fingerprint density at radius 1 is 0.893 bits per heavy atom. The minimum Gasteiger partial charge on any atom is -0.496 e. The van der Waals surface area contributed by atoms with E-state index in [9.17, 15) is 4.79 Å². The fraction of sp³-hybridized carbons (Fsp3) is 0.560. The minimum atomic E-state index is -0.294. The molecule has 0 bridgehead atoms. The van der Waals surface area contributed by atoms with E-state index >= 15 is 0 Å². The molecule has 0 radical (unpaired) electrons. The minimum absolute atomic E-state index is 0.0827. The molecule has 2 rings (SSSR count). The van der Waals surface area contributed by atoms with E-state index in [2.05, 4.69) is 6.92 Å². The summed E-state index contributed by atoms with van der Waals surface area (Å²) in [7, 11) is 1.59. The molecule has 0 spiro atoms. The Hall–Kier alpha value is -2.03. The molecule has 154 valence electrons. The molecule has 0 aliphatic rings. The summed E-state index contributed by atoms with van der Waals surface area (Å²) >= 11 is 0. The van der Waals surface area contributed by atoms with Gasteiger partial charge in [0.2, 0.25) is 0 Å². The molecule has 0 aliphatic carbocycles. The van der Waals surface area contributed by atoms with Gasteiger partial charge in [0.05, 0.1) is 13.2 Å². The summed E-state index contributed by atoms with van der Waals surface area (Å²) in [4.78, 5) is 12.8. The maximum Gasteiger partial charge on any atom is 0.342 e. The highest BCUT2D eigenvalue weighted by Crippen LogP contribution is 2.29. The summed E-state index contributed by atoms with van der Waals surface area (Å²) in [5, 5.41) is 1.89. The number of esters is 1. The van der Waals surface area contributed by atoms with Gasteiger partial charge in [0.25, 0.3) is 0 Å². The average molecular weight is 385 g/mol. The molecule has 0 saturated carbocycles. The summed E-state index contributed by atoms with van der Waals surface area (Å²) in [5.74, 6) is 0.274. The van der Waals surface area contributed by atoms with E-state index in [1.54, 1.807) is 7.11 Å². The van der Waals surface area contributed by atoms with Crippen molar-refractivity contribution in [3.63, 3.8) is 0 Å². The lowest BCUT2D eigenvalue weighted by Gasteiger charge is -2.16. The first-order valence-electron chi connectivity index (χ1n) is 10.9. The van der Waals surface area contributed by atoms with Gasteiger partial charge in [-0.05, 0) is 36.6 Å². The molecule has 3 nitrogen and oxygen atoms in total. The molecule has 28 heavy (non-hydrogen) atoms. The van der Waals surface area contributed by atoms with E-state index in [-0.39, 0.29) is 12.1 Å². The summed E-state index contributed by atoms with van der Waals surface area (Å²) in [6.45, 7) is 4.24. The lowest BCUT2D eigenvalue weighted by molar-refractivity contribution is 0.0318. The summed E-state index contributed by atoms with van der Waals surface area (Å²) < 4.78 is 11.2. The zero-order chi connectivity index (χ0) is 20.2. The van der Waals surface area contributed by atoms with Gasteiger partial charge in [0.1, 0.15) is 11.3 Å². The van der Waals surface area contributed by atoms with Crippen LogP contribution in [-0.4, -0.2) is 19.2 Å². The topological polar surface area (TPSA) is 35.5 Å². The second-order valence-corrected chi connectivity index (χ2v) is 7.70. The van der Waals surface area contributed by atoms with Crippen molar-refractivity contribution in [3.8, 4) is 5.75 Å². The Kier molecular flexibility index (Phi) is 9.88. The molecule has 0 fully saturated rings. The second kappa shape index (κ2) is 12.4. The molecule has 0 aliphatic heterocycles. The Bertz CT molecular complexity index is 723. The first-order valence-corrected chi connectivity index (χ1v) is 10.9. The van der Waals surface area contributed by atoms with Crippen LogP contribution in [0.15, 0.2) is 36.4 Å². The molecule has 2 aromatic carbocycles. The maximum absolute atomic E-state index is 12.8. The lowest BCUT2D eigenvalue weighted by Crippen LogP contribution is -2.16. The molecule has 2 aromatic rings. The van der Waals surface area contributed by atoms with Gasteiger partial charge in [-0.1, -0.05) is 88.6 Å². The van der Waals surface area contributed by atoms with Crippen LogP contribution in [0, 0.1) is 0 Å². The van der Waals surface area contributed by atoms with Gasteiger partial charge in [-0.3, -0.25) is 0 Å². The number of unbranched alkanes of at least 4 members (excludes halogenated alkanes) is 8. The van der Waals surface area contributed by atoms with E-state index in [1.807, 2.05) is 43.3 Å². The van der Waals surface area contributed by atoms with Crippen LogP contribution in [-0.2, 0) is 4.74 Å². The predicted octanol–water partition coefficient (Wildman–Crippen LogP) is 7.31. The zero-order valence-corrected chi connectivity index (χ0v) is 17.8. The van der Waals surface area contributed by atoms with Crippen molar-refractivity contribution in [2.75, 3.05) is 7.11 Å². The normalized spacial score (nSPS) is 12.1. The van der Waals surface area contributed by atoms with Crippen LogP contribution in [0.4, 0.5) is 0 Å². The molecule has 0 N–H and O–H groups in total. The highest BCUT2D eigenvalue weighted by molar-refractivity contribution is 6.07. The van der Waals surface area contributed by atoms with Crippen molar-refractivity contribution in [1.82, 2.24) is 0 Å². The Labute approximate surface area is 170 Å². The Balaban J connectivity index is 1.78. The molecule has 0 aromatic heterocycles. The number of ether oxygens (including phenoxy) is 2. The van der Waals surface area contributed by atoms with Crippen molar-refractivity contribution in [3.05, 3.63) is 42.0 Å². The fourth-order valence-corrected chi connectivity index (χ4v) is 3.68. The number of carbonyl (C=O) groups excluding carboxylic acids is 1. The van der Waals surface area contributed by atoms with E-state index in [0.29, 0.717) is 11.3 Å². The first-order chi connectivity index (χ1) is 13.7. The van der Waals surface area contributed by atoms with Gasteiger partial charge >= 0.3 is 5.97 Å². The van der Waals surface area contributed by atoms with Gasteiger partial charge in [-0.2, -0.15) is 0 Å².